The van der Waals surface area contributed by atoms with Crippen LogP contribution in [-0.2, 0) is 0 Å². The molecule has 90 heavy (non-hydrogen) atoms. The summed E-state index contributed by atoms with van der Waals surface area (Å²) < 4.78 is 36.7. The third kappa shape index (κ3) is 11.1. The fraction of sp³-hybridized carbons (Fsp3) is 0. The summed E-state index contributed by atoms with van der Waals surface area (Å²) in [6, 6.07) is 55.3. The van der Waals surface area contributed by atoms with Crippen molar-refractivity contribution < 1.29 is 58.0 Å². The summed E-state index contributed by atoms with van der Waals surface area (Å²) in [5.74, 6) is -1.50. The first-order valence-electron chi connectivity index (χ1n) is 26.8. The van der Waals surface area contributed by atoms with Crippen LogP contribution in [0.15, 0.2) is 218 Å². The van der Waals surface area contributed by atoms with Crippen LogP contribution in [0.4, 0.5) is 34.1 Å². The Labute approximate surface area is 505 Å². The monoisotopic (exact) mass is 1200 g/mol. The minimum atomic E-state index is -0.805. The largest absolute Gasteiger partial charge is 0.450 e. The molecule has 32 rings (SSSR count). The van der Waals surface area contributed by atoms with E-state index in [4.69, 9.17) is 28.4 Å². The maximum absolute atomic E-state index is 12.5. The van der Waals surface area contributed by atoms with Gasteiger partial charge in [-0.15, -0.1) is 0 Å². The average Bonchev–Trinajstić information content (AvgIpc) is 1.41. The van der Waals surface area contributed by atoms with E-state index in [1.165, 1.54) is 0 Å². The second kappa shape index (κ2) is 22.6. The van der Waals surface area contributed by atoms with Gasteiger partial charge in [0.2, 0.25) is 34.5 Å². The first-order chi connectivity index (χ1) is 43.4. The van der Waals surface area contributed by atoms with E-state index in [1.54, 1.807) is 146 Å². The molecule has 24 nitrogen and oxygen atoms in total. The molecule has 24 heteroatoms. The average molecular weight is 1200 g/mol. The van der Waals surface area contributed by atoms with Crippen molar-refractivity contribution in [2.75, 3.05) is 0 Å². The van der Waals surface area contributed by atoms with Gasteiger partial charge in [0, 0.05) is 18.2 Å². The Morgan fingerprint density at radius 3 is 0.433 bits per heavy atom. The number of ether oxygens (including phenoxy) is 6. The van der Waals surface area contributed by atoms with Gasteiger partial charge in [-0.25, -0.2) is 0 Å². The molecule has 0 saturated carbocycles. The number of nitro groups is 6. The quantitative estimate of drug-likeness (QED) is 0.110. The van der Waals surface area contributed by atoms with Gasteiger partial charge in [-0.3, -0.25) is 60.7 Å². The topological polar surface area (TPSA) is 314 Å². The van der Waals surface area contributed by atoms with Crippen LogP contribution in [0.3, 0.4) is 0 Å². The molecule has 24 bridgehead atoms. The predicted molar refractivity (Wildman–Crippen MR) is 325 cm³/mol. The van der Waals surface area contributed by atoms with Gasteiger partial charge in [0.25, 0.3) is 0 Å². The lowest BCUT2D eigenvalue weighted by molar-refractivity contribution is -0.395. The highest BCUT2D eigenvalue weighted by Crippen LogP contribution is 2.48. The molecule has 0 amide bonds. The first-order valence-corrected chi connectivity index (χ1v) is 26.8. The molecular formula is C66H36N6O18. The molecule has 0 fully saturated rings. The van der Waals surface area contributed by atoms with Crippen LogP contribution in [0.2, 0.25) is 0 Å². The van der Waals surface area contributed by atoms with Crippen molar-refractivity contribution >= 4 is 34.1 Å². The van der Waals surface area contributed by atoms with E-state index >= 15 is 0 Å². The summed E-state index contributed by atoms with van der Waals surface area (Å²) in [4.78, 5) is 70.3. The summed E-state index contributed by atoms with van der Waals surface area (Å²) in [5, 5.41) is 75.1. The van der Waals surface area contributed by atoms with Crippen LogP contribution in [0.1, 0.15) is 0 Å². The van der Waals surface area contributed by atoms with Crippen LogP contribution < -0.4 is 28.4 Å². The molecule has 0 radical (unpaired) electrons. The highest BCUT2D eigenvalue weighted by Gasteiger charge is 2.31. The Hall–Kier alpha value is -13.4. The van der Waals surface area contributed by atoms with Gasteiger partial charge >= 0.3 is 34.1 Å². The van der Waals surface area contributed by atoms with Crippen molar-refractivity contribution in [2.24, 2.45) is 0 Å². The number of rotatable bonds is 6. The minimum absolute atomic E-state index is 0.109. The molecule has 0 saturated heterocycles. The number of nitro benzene ring substituents is 6. The fourth-order valence-electron chi connectivity index (χ4n) is 10.3. The molecule has 438 valence electrons. The van der Waals surface area contributed by atoms with Crippen molar-refractivity contribution in [2.45, 2.75) is 0 Å². The number of nitrogens with zero attached hydrogens (tertiary/aromatic N) is 6. The third-order valence-electron chi connectivity index (χ3n) is 14.7. The summed E-state index contributed by atoms with van der Waals surface area (Å²) in [6.07, 6.45) is 0. The van der Waals surface area contributed by atoms with Crippen LogP contribution in [0.5, 0.6) is 69.0 Å². The van der Waals surface area contributed by atoms with E-state index in [0.29, 0.717) is 66.8 Å². The lowest BCUT2D eigenvalue weighted by Gasteiger charge is -2.15. The Morgan fingerprint density at radius 1 is 0.178 bits per heavy atom. The number of hydrogen-bond acceptors (Lipinski definition) is 18. The van der Waals surface area contributed by atoms with Gasteiger partial charge in [-0.05, 0) is 176 Å². The maximum atomic E-state index is 12.5. The lowest BCUT2D eigenvalue weighted by Crippen LogP contribution is -1.99. The highest BCUT2D eigenvalue weighted by atomic mass is 16.7. The zero-order valence-corrected chi connectivity index (χ0v) is 45.8. The fourth-order valence-corrected chi connectivity index (χ4v) is 10.3. The first kappa shape index (κ1) is 55.8. The van der Waals surface area contributed by atoms with Gasteiger partial charge in [-0.2, -0.15) is 0 Å². The van der Waals surface area contributed by atoms with Crippen molar-refractivity contribution in [3.8, 4) is 136 Å². The van der Waals surface area contributed by atoms with Crippen molar-refractivity contribution in [1.82, 2.24) is 0 Å². The summed E-state index contributed by atoms with van der Waals surface area (Å²) in [7, 11) is 0. The molecule has 0 aliphatic carbocycles. The SMILES string of the molecule is O=[N+]([O-])c1cc([N+](=O)[O-])c2cc1Oc1ccc(cc1)-c1cc3cc(c1)-c1ccc(cc1)Oc1cc(c([N+](=O)[O-])cc1[N+](=O)[O-])Oc1ccc(cc1)-c1cc(cc(c1)-c1ccc(cc1)Oc1cc(c([N+](=O)[O-])cc1[N+](=O)[O-])Oc1ccc-3cc1)-c1ccc(cc1)O2. The van der Waals surface area contributed by atoms with Crippen LogP contribution >= 0.6 is 0 Å². The Morgan fingerprint density at radius 2 is 0.311 bits per heavy atom. The van der Waals surface area contributed by atoms with Gasteiger partial charge < -0.3 is 28.4 Å². The second-order valence-corrected chi connectivity index (χ2v) is 20.3. The van der Waals surface area contributed by atoms with E-state index in [2.05, 4.69) is 0 Å². The van der Waals surface area contributed by atoms with Crippen LogP contribution in [-0.4, -0.2) is 29.5 Å². The molecule has 0 atom stereocenters. The lowest BCUT2D eigenvalue weighted by atomic mass is 9.93. The molecule has 11 aromatic carbocycles. The van der Waals surface area contributed by atoms with Gasteiger partial charge in [-0.1, -0.05) is 72.8 Å². The standard InChI is InChI=1S/C66H36N6O18/c73-67(74)55-31-56(68(75)76)62-34-61(55)85-49-13-1-37(2-14-49)43-25-44-27-45(26-43)39-5-17-51(18-6-39)88-64-36-66(60(72(83)84)33-58(64)70(79)80)90-54-23-11-42(12-24-54)48-29-46(40-7-19-52(86-62)20-8-40)28-47(30-48)41-9-21-53(22-10-41)89-65-35-63(87-50-15-3-38(44)4-16-50)57(69(77)78)32-59(65)71(81)82/h1-36H. The molecule has 0 aromatic heterocycles. The second-order valence-electron chi connectivity index (χ2n) is 20.3. The number of hydrogen-bond donors (Lipinski definition) is 0. The molecule has 0 N–H and O–H groups in total. The normalized spacial score (nSPS) is 11.7. The molecule has 21 aliphatic heterocycles. The van der Waals surface area contributed by atoms with Crippen LogP contribution in [0, 0.1) is 60.7 Å². The van der Waals surface area contributed by atoms with Gasteiger partial charge in [0.05, 0.1) is 29.5 Å². The van der Waals surface area contributed by atoms with E-state index in [1.807, 2.05) is 36.4 Å². The van der Waals surface area contributed by atoms with Crippen LogP contribution in [0.25, 0.3) is 66.8 Å². The Kier molecular flexibility index (Phi) is 14.0. The highest BCUT2D eigenvalue weighted by molar-refractivity contribution is 5.84. The Bertz CT molecular complexity index is 4020. The molecule has 21 aliphatic rings. The smallest absolute Gasteiger partial charge is 0.318 e. The summed E-state index contributed by atoms with van der Waals surface area (Å²) >= 11 is 0. The molecule has 11 aromatic rings. The van der Waals surface area contributed by atoms with Crippen molar-refractivity contribution in [3.05, 3.63) is 279 Å². The molecular weight excluding hydrogens is 1160 g/mol. The number of benzene rings is 11. The van der Waals surface area contributed by atoms with E-state index in [-0.39, 0.29) is 69.0 Å². The van der Waals surface area contributed by atoms with Gasteiger partial charge in [0.1, 0.15) is 52.7 Å². The van der Waals surface area contributed by atoms with Gasteiger partial charge in [0.15, 0.2) is 0 Å². The van der Waals surface area contributed by atoms with Crippen molar-refractivity contribution in [3.63, 3.8) is 0 Å². The molecule has 0 spiro atoms. The van der Waals surface area contributed by atoms with E-state index < -0.39 is 63.7 Å². The summed E-state index contributed by atoms with van der Waals surface area (Å²) in [6.45, 7) is 0. The van der Waals surface area contributed by atoms with Crippen molar-refractivity contribution in [1.29, 1.82) is 0 Å². The molecule has 0 unspecified atom stereocenters. The zero-order chi connectivity index (χ0) is 62.5. The summed E-state index contributed by atoms with van der Waals surface area (Å²) in [5.41, 5.74) is 3.11. The predicted octanol–water partition coefficient (Wildman–Crippen LogP) is 18.5. The Balaban J connectivity index is 1.03. The molecule has 21 heterocycles. The van der Waals surface area contributed by atoms with E-state index in [9.17, 15) is 60.7 Å². The minimum Gasteiger partial charge on any atom is -0.450 e. The van der Waals surface area contributed by atoms with E-state index in [0.717, 1.165) is 36.4 Å². The third-order valence-corrected chi connectivity index (χ3v) is 14.7. The zero-order valence-electron chi connectivity index (χ0n) is 45.8. The maximum Gasteiger partial charge on any atom is 0.318 e.